The minimum atomic E-state index is -0.526. The summed E-state index contributed by atoms with van der Waals surface area (Å²) in [4.78, 5) is 26.2. The fourth-order valence-electron chi connectivity index (χ4n) is 2.73. The van der Waals surface area contributed by atoms with Gasteiger partial charge in [0, 0.05) is 13.1 Å². The van der Waals surface area contributed by atoms with E-state index in [0.717, 1.165) is 0 Å². The van der Waals surface area contributed by atoms with Crippen molar-refractivity contribution in [1.29, 1.82) is 0 Å². The van der Waals surface area contributed by atoms with Crippen LogP contribution in [0.5, 0.6) is 0 Å². The minimum Gasteiger partial charge on any atom is -0.444 e. The second-order valence-corrected chi connectivity index (χ2v) is 8.08. The first kappa shape index (κ1) is 21.7. The molecular weight excluding hydrogens is 322 g/mol. The van der Waals surface area contributed by atoms with Crippen molar-refractivity contribution in [3.63, 3.8) is 0 Å². The quantitative estimate of drug-likeness (QED) is 0.695. The number of carbonyl (C=O) groups is 2. The van der Waals surface area contributed by atoms with Crippen LogP contribution in [-0.2, 0) is 14.3 Å². The Morgan fingerprint density at radius 2 is 1.92 bits per heavy atom. The van der Waals surface area contributed by atoms with Gasteiger partial charge in [0.15, 0.2) is 0 Å². The van der Waals surface area contributed by atoms with Crippen molar-refractivity contribution in [3.8, 4) is 0 Å². The van der Waals surface area contributed by atoms with Gasteiger partial charge in [0.05, 0.1) is 24.9 Å². The molecule has 1 saturated heterocycles. The zero-order chi connectivity index (χ0) is 19.2. The maximum atomic E-state index is 12.7. The molecule has 7 heteroatoms. The molecule has 0 spiro atoms. The molecule has 2 amide bonds. The summed E-state index contributed by atoms with van der Waals surface area (Å²) in [7, 11) is 0. The van der Waals surface area contributed by atoms with E-state index >= 15 is 0 Å². The molecule has 1 rings (SSSR count). The summed E-state index contributed by atoms with van der Waals surface area (Å²) in [6.07, 6.45) is 0.218. The van der Waals surface area contributed by atoms with Crippen LogP contribution in [0.1, 0.15) is 54.9 Å². The van der Waals surface area contributed by atoms with E-state index in [1.807, 2.05) is 39.5 Å². The summed E-state index contributed by atoms with van der Waals surface area (Å²) >= 11 is 0. The Hall–Kier alpha value is -1.34. The lowest BCUT2D eigenvalue weighted by atomic mass is 10.1. The van der Waals surface area contributed by atoms with E-state index in [1.165, 1.54) is 0 Å². The first-order valence-corrected chi connectivity index (χ1v) is 9.16. The highest BCUT2D eigenvalue weighted by molar-refractivity contribution is 5.84. The smallest absolute Gasteiger partial charge is 0.407 e. The summed E-state index contributed by atoms with van der Waals surface area (Å²) in [6.45, 7) is 15.1. The third-order valence-electron chi connectivity index (χ3n) is 3.80. The molecule has 25 heavy (non-hydrogen) atoms. The molecule has 0 aromatic carbocycles. The molecule has 7 nitrogen and oxygen atoms in total. The number of rotatable bonds is 8. The molecule has 0 bridgehead atoms. The highest BCUT2D eigenvalue weighted by Crippen LogP contribution is 2.19. The molecule has 0 aromatic heterocycles. The van der Waals surface area contributed by atoms with Gasteiger partial charge in [-0.15, -0.1) is 0 Å². The molecular formula is C18H35N3O4. The van der Waals surface area contributed by atoms with Gasteiger partial charge >= 0.3 is 6.09 Å². The Bertz CT molecular complexity index is 446. The normalized spacial score (nSPS) is 21.3. The molecule has 1 aliphatic rings. The highest BCUT2D eigenvalue weighted by atomic mass is 16.6. The molecule has 0 saturated carbocycles. The molecule has 1 aliphatic heterocycles. The number of alkyl carbamates (subject to hydrolysis) is 1. The molecule has 2 unspecified atom stereocenters. The number of hydrogen-bond acceptors (Lipinski definition) is 5. The standard InChI is InChI=1S/C18H35N3O4/c1-12(2)15-20-14(8-9-19-17(23)25-18(5,6)7)16(22)21(15)10-11-24-13(3)4/h12-15,20H,8-11H2,1-7H3,(H,19,23). The predicted octanol–water partition coefficient (Wildman–Crippen LogP) is 2.11. The van der Waals surface area contributed by atoms with Crippen LogP contribution in [-0.4, -0.2) is 60.5 Å². The van der Waals surface area contributed by atoms with Crippen molar-refractivity contribution in [2.45, 2.75) is 78.8 Å². The number of ether oxygens (including phenoxy) is 2. The largest absolute Gasteiger partial charge is 0.444 e. The maximum Gasteiger partial charge on any atom is 0.407 e. The van der Waals surface area contributed by atoms with E-state index in [0.29, 0.717) is 32.0 Å². The van der Waals surface area contributed by atoms with Gasteiger partial charge in [-0.25, -0.2) is 4.79 Å². The summed E-state index contributed by atoms with van der Waals surface area (Å²) in [5.41, 5.74) is -0.526. The second-order valence-electron chi connectivity index (χ2n) is 8.08. The van der Waals surface area contributed by atoms with E-state index in [4.69, 9.17) is 9.47 Å². The van der Waals surface area contributed by atoms with E-state index in [9.17, 15) is 9.59 Å². The molecule has 1 heterocycles. The zero-order valence-electron chi connectivity index (χ0n) is 16.7. The van der Waals surface area contributed by atoms with Crippen LogP contribution in [0.2, 0.25) is 0 Å². The Morgan fingerprint density at radius 3 is 2.44 bits per heavy atom. The van der Waals surface area contributed by atoms with Crippen LogP contribution in [0, 0.1) is 5.92 Å². The van der Waals surface area contributed by atoms with Crippen molar-refractivity contribution < 1.29 is 19.1 Å². The van der Waals surface area contributed by atoms with E-state index < -0.39 is 11.7 Å². The zero-order valence-corrected chi connectivity index (χ0v) is 16.7. The van der Waals surface area contributed by atoms with Crippen molar-refractivity contribution in [2.75, 3.05) is 19.7 Å². The second kappa shape index (κ2) is 9.38. The number of hydrogen-bond donors (Lipinski definition) is 2. The monoisotopic (exact) mass is 357 g/mol. The first-order chi connectivity index (χ1) is 11.5. The lowest BCUT2D eigenvalue weighted by Gasteiger charge is -2.27. The van der Waals surface area contributed by atoms with Crippen molar-refractivity contribution in [1.82, 2.24) is 15.5 Å². The lowest BCUT2D eigenvalue weighted by molar-refractivity contribution is -0.131. The molecule has 2 N–H and O–H groups in total. The van der Waals surface area contributed by atoms with Crippen LogP contribution >= 0.6 is 0 Å². The van der Waals surface area contributed by atoms with Crippen molar-refractivity contribution in [3.05, 3.63) is 0 Å². The number of nitrogens with zero attached hydrogens (tertiary/aromatic N) is 1. The molecule has 1 fully saturated rings. The van der Waals surface area contributed by atoms with Crippen LogP contribution in [0.15, 0.2) is 0 Å². The Kier molecular flexibility index (Phi) is 8.15. The molecule has 146 valence electrons. The third-order valence-corrected chi connectivity index (χ3v) is 3.80. The Labute approximate surface area is 151 Å². The average Bonchev–Trinajstić information content (AvgIpc) is 2.74. The molecule has 0 radical (unpaired) electrons. The maximum absolute atomic E-state index is 12.7. The first-order valence-electron chi connectivity index (χ1n) is 9.16. The lowest BCUT2D eigenvalue weighted by Crippen LogP contribution is -2.43. The van der Waals surface area contributed by atoms with Crippen LogP contribution < -0.4 is 10.6 Å². The molecule has 0 aromatic rings. The van der Waals surface area contributed by atoms with Gasteiger partial charge < -0.3 is 19.7 Å². The van der Waals surface area contributed by atoms with Gasteiger partial charge in [-0.05, 0) is 47.0 Å². The Morgan fingerprint density at radius 1 is 1.28 bits per heavy atom. The average molecular weight is 357 g/mol. The summed E-state index contributed by atoms with van der Waals surface area (Å²) in [5, 5.41) is 6.09. The molecule has 0 aliphatic carbocycles. The van der Waals surface area contributed by atoms with Gasteiger partial charge in [0.25, 0.3) is 0 Å². The third kappa shape index (κ3) is 7.61. The fraction of sp³-hybridized carbons (Fsp3) is 0.889. The van der Waals surface area contributed by atoms with Crippen molar-refractivity contribution in [2.24, 2.45) is 5.92 Å². The SMILES string of the molecule is CC(C)OCCN1C(=O)C(CCNC(=O)OC(C)(C)C)NC1C(C)C. The topological polar surface area (TPSA) is 79.9 Å². The minimum absolute atomic E-state index is 0.00483. The van der Waals surface area contributed by atoms with Gasteiger partial charge in [-0.3, -0.25) is 10.1 Å². The van der Waals surface area contributed by atoms with E-state index in [-0.39, 0.29) is 24.2 Å². The van der Waals surface area contributed by atoms with Crippen molar-refractivity contribution >= 4 is 12.0 Å². The summed E-state index contributed by atoms with van der Waals surface area (Å²) in [5.74, 6) is 0.365. The van der Waals surface area contributed by atoms with Gasteiger partial charge in [-0.1, -0.05) is 13.8 Å². The fourth-order valence-corrected chi connectivity index (χ4v) is 2.73. The Balaban J connectivity index is 2.49. The van der Waals surface area contributed by atoms with Crippen LogP contribution in [0.4, 0.5) is 4.79 Å². The summed E-state index contributed by atoms with van der Waals surface area (Å²) in [6, 6.07) is -0.290. The van der Waals surface area contributed by atoms with Crippen LogP contribution in [0.25, 0.3) is 0 Å². The van der Waals surface area contributed by atoms with Gasteiger partial charge in [0.1, 0.15) is 5.60 Å². The number of amides is 2. The number of carbonyl (C=O) groups excluding carboxylic acids is 2. The van der Waals surface area contributed by atoms with E-state index in [1.54, 1.807) is 0 Å². The predicted molar refractivity (Wildman–Crippen MR) is 97.2 cm³/mol. The van der Waals surface area contributed by atoms with Gasteiger partial charge in [0.2, 0.25) is 5.91 Å². The van der Waals surface area contributed by atoms with Gasteiger partial charge in [-0.2, -0.15) is 0 Å². The number of nitrogens with one attached hydrogen (secondary N) is 2. The van der Waals surface area contributed by atoms with E-state index in [2.05, 4.69) is 24.5 Å². The molecule has 2 atom stereocenters. The highest BCUT2D eigenvalue weighted by Gasteiger charge is 2.39. The summed E-state index contributed by atoms with van der Waals surface area (Å²) < 4.78 is 10.8. The van der Waals surface area contributed by atoms with Crippen LogP contribution in [0.3, 0.4) is 0 Å².